The number of nitrogens with zero attached hydrogens (tertiary/aromatic N) is 2. The van der Waals surface area contributed by atoms with Gasteiger partial charge in [-0.3, -0.25) is 0 Å². The third-order valence-corrected chi connectivity index (χ3v) is 3.27. The monoisotopic (exact) mass is 261 g/mol. The summed E-state index contributed by atoms with van der Waals surface area (Å²) in [6.45, 7) is 4.57. The number of hydrogen-bond donors (Lipinski definition) is 1. The van der Waals surface area contributed by atoms with Crippen molar-refractivity contribution in [3.63, 3.8) is 0 Å². The van der Waals surface area contributed by atoms with Crippen molar-refractivity contribution in [3.8, 4) is 5.69 Å². The second kappa shape index (κ2) is 5.97. The predicted molar refractivity (Wildman–Crippen MR) is 75.0 cm³/mol. The zero-order chi connectivity index (χ0) is 13.8. The van der Waals surface area contributed by atoms with Crippen molar-refractivity contribution in [3.05, 3.63) is 47.0 Å². The lowest BCUT2D eigenvalue weighted by Crippen LogP contribution is -2.11. The van der Waals surface area contributed by atoms with Gasteiger partial charge in [-0.05, 0) is 44.0 Å². The van der Waals surface area contributed by atoms with Crippen molar-refractivity contribution in [1.29, 1.82) is 0 Å². The summed E-state index contributed by atoms with van der Waals surface area (Å²) in [5.74, 6) is -0.210. The highest BCUT2D eigenvalue weighted by molar-refractivity contribution is 5.43. The summed E-state index contributed by atoms with van der Waals surface area (Å²) in [6, 6.07) is 7.18. The van der Waals surface area contributed by atoms with Crippen LogP contribution in [-0.4, -0.2) is 16.3 Å². The van der Waals surface area contributed by atoms with Gasteiger partial charge in [0.15, 0.2) is 0 Å². The zero-order valence-corrected chi connectivity index (χ0v) is 11.5. The first-order valence-corrected chi connectivity index (χ1v) is 6.76. The van der Waals surface area contributed by atoms with Crippen LogP contribution in [0.25, 0.3) is 5.69 Å². The minimum Gasteiger partial charge on any atom is -0.330 e. The van der Waals surface area contributed by atoms with Crippen LogP contribution < -0.4 is 5.73 Å². The van der Waals surface area contributed by atoms with Gasteiger partial charge in [0.25, 0.3) is 0 Å². The summed E-state index contributed by atoms with van der Waals surface area (Å²) in [5, 5.41) is 4.56. The number of aromatic nitrogens is 2. The molecule has 0 aliphatic carbocycles. The number of benzene rings is 1. The van der Waals surface area contributed by atoms with Crippen molar-refractivity contribution in [1.82, 2.24) is 9.78 Å². The molecule has 102 valence electrons. The van der Waals surface area contributed by atoms with E-state index in [9.17, 15) is 4.39 Å². The second-order valence-corrected chi connectivity index (χ2v) is 4.52. The molecule has 2 aromatic rings. The molecule has 3 nitrogen and oxygen atoms in total. The molecule has 0 aliphatic heterocycles. The van der Waals surface area contributed by atoms with E-state index in [1.54, 1.807) is 6.07 Å². The Hall–Kier alpha value is -1.68. The molecule has 0 fully saturated rings. The molecule has 0 saturated carbocycles. The molecule has 2 rings (SSSR count). The molecule has 0 saturated heterocycles. The van der Waals surface area contributed by atoms with Gasteiger partial charge in [-0.1, -0.05) is 19.9 Å². The van der Waals surface area contributed by atoms with E-state index in [1.165, 1.54) is 6.07 Å². The van der Waals surface area contributed by atoms with Crippen LogP contribution in [0.15, 0.2) is 24.3 Å². The number of halogens is 1. The normalized spacial score (nSPS) is 10.9. The van der Waals surface area contributed by atoms with E-state index in [-0.39, 0.29) is 5.82 Å². The molecule has 0 radical (unpaired) electrons. The molecule has 0 spiro atoms. The average Bonchev–Trinajstić information content (AvgIpc) is 2.84. The smallest absolute Gasteiger partial charge is 0.128 e. The molecule has 0 unspecified atom stereocenters. The van der Waals surface area contributed by atoms with Crippen LogP contribution in [-0.2, 0) is 19.3 Å². The van der Waals surface area contributed by atoms with Crippen LogP contribution >= 0.6 is 0 Å². The van der Waals surface area contributed by atoms with E-state index < -0.39 is 0 Å². The first kappa shape index (κ1) is 13.7. The Bertz CT molecular complexity index is 561. The van der Waals surface area contributed by atoms with Crippen molar-refractivity contribution >= 4 is 0 Å². The van der Waals surface area contributed by atoms with E-state index in [2.05, 4.69) is 25.0 Å². The Morgan fingerprint density at radius 3 is 2.68 bits per heavy atom. The van der Waals surface area contributed by atoms with Gasteiger partial charge in [0.05, 0.1) is 11.4 Å². The minimum absolute atomic E-state index is 0.210. The summed E-state index contributed by atoms with van der Waals surface area (Å²) in [5.41, 5.74) is 9.16. The number of nitrogens with two attached hydrogens (primary N) is 1. The van der Waals surface area contributed by atoms with Crippen molar-refractivity contribution in [2.45, 2.75) is 33.1 Å². The molecule has 1 aromatic heterocycles. The molecule has 0 atom stereocenters. The van der Waals surface area contributed by atoms with Crippen molar-refractivity contribution < 1.29 is 4.39 Å². The molecular formula is C15H20FN3. The van der Waals surface area contributed by atoms with E-state index in [0.717, 1.165) is 29.9 Å². The lowest BCUT2D eigenvalue weighted by Gasteiger charge is -2.12. The maximum Gasteiger partial charge on any atom is 0.128 e. The third-order valence-electron chi connectivity index (χ3n) is 3.27. The molecule has 2 N–H and O–H groups in total. The van der Waals surface area contributed by atoms with E-state index >= 15 is 0 Å². The standard InChI is InChI=1S/C15H20FN3/c1-3-11-10-12(4-2)19(18-11)15-7-5-6-14(16)13(15)8-9-17/h5-7,10H,3-4,8-9,17H2,1-2H3. The lowest BCUT2D eigenvalue weighted by atomic mass is 10.1. The number of hydrogen-bond acceptors (Lipinski definition) is 2. The fraction of sp³-hybridized carbons (Fsp3) is 0.400. The van der Waals surface area contributed by atoms with Crippen LogP contribution in [0.1, 0.15) is 30.8 Å². The van der Waals surface area contributed by atoms with Crippen LogP contribution in [0.2, 0.25) is 0 Å². The van der Waals surface area contributed by atoms with Crippen LogP contribution in [0.5, 0.6) is 0 Å². The highest BCUT2D eigenvalue weighted by atomic mass is 19.1. The summed E-state index contributed by atoms with van der Waals surface area (Å²) in [7, 11) is 0. The number of aryl methyl sites for hydroxylation is 2. The van der Waals surface area contributed by atoms with E-state index in [1.807, 2.05) is 10.7 Å². The predicted octanol–water partition coefficient (Wildman–Crippen LogP) is 2.64. The van der Waals surface area contributed by atoms with Gasteiger partial charge in [-0.15, -0.1) is 0 Å². The topological polar surface area (TPSA) is 43.8 Å². The highest BCUT2D eigenvalue weighted by Gasteiger charge is 2.13. The van der Waals surface area contributed by atoms with Gasteiger partial charge in [0.1, 0.15) is 5.82 Å². The molecule has 0 amide bonds. The summed E-state index contributed by atoms with van der Waals surface area (Å²) in [6.07, 6.45) is 2.26. The summed E-state index contributed by atoms with van der Waals surface area (Å²) in [4.78, 5) is 0. The molecule has 4 heteroatoms. The Balaban J connectivity index is 2.57. The molecule has 1 aromatic carbocycles. The van der Waals surface area contributed by atoms with Crippen molar-refractivity contribution in [2.24, 2.45) is 5.73 Å². The molecule has 0 aliphatic rings. The Labute approximate surface area is 113 Å². The van der Waals surface area contributed by atoms with Crippen LogP contribution in [0.4, 0.5) is 4.39 Å². The molecule has 1 heterocycles. The van der Waals surface area contributed by atoms with E-state index in [4.69, 9.17) is 5.73 Å². The van der Waals surface area contributed by atoms with Crippen molar-refractivity contribution in [2.75, 3.05) is 6.54 Å². The maximum absolute atomic E-state index is 14.0. The van der Waals surface area contributed by atoms with Gasteiger partial charge in [-0.25, -0.2) is 9.07 Å². The summed E-state index contributed by atoms with van der Waals surface area (Å²) < 4.78 is 15.8. The molecule has 0 bridgehead atoms. The van der Waals surface area contributed by atoms with Gasteiger partial charge < -0.3 is 5.73 Å². The molecular weight excluding hydrogens is 241 g/mol. The first-order chi connectivity index (χ1) is 9.21. The Morgan fingerprint density at radius 1 is 1.26 bits per heavy atom. The van der Waals surface area contributed by atoms with Gasteiger partial charge in [0.2, 0.25) is 0 Å². The maximum atomic E-state index is 14.0. The largest absolute Gasteiger partial charge is 0.330 e. The lowest BCUT2D eigenvalue weighted by molar-refractivity contribution is 0.604. The van der Waals surface area contributed by atoms with Crippen LogP contribution in [0.3, 0.4) is 0 Å². The Morgan fingerprint density at radius 2 is 2.05 bits per heavy atom. The summed E-state index contributed by atoms with van der Waals surface area (Å²) >= 11 is 0. The van der Waals surface area contributed by atoms with Crippen LogP contribution in [0, 0.1) is 5.82 Å². The SMILES string of the molecule is CCc1cc(CC)n(-c2cccc(F)c2CCN)n1. The first-order valence-electron chi connectivity index (χ1n) is 6.76. The number of rotatable bonds is 5. The fourth-order valence-electron chi connectivity index (χ4n) is 2.25. The quantitative estimate of drug-likeness (QED) is 0.899. The second-order valence-electron chi connectivity index (χ2n) is 4.52. The Kier molecular flexibility index (Phi) is 4.32. The minimum atomic E-state index is -0.210. The fourth-order valence-corrected chi connectivity index (χ4v) is 2.25. The van der Waals surface area contributed by atoms with Gasteiger partial charge in [-0.2, -0.15) is 5.10 Å². The van der Waals surface area contributed by atoms with E-state index in [0.29, 0.717) is 18.5 Å². The highest BCUT2D eigenvalue weighted by Crippen LogP contribution is 2.21. The van der Waals surface area contributed by atoms with Gasteiger partial charge >= 0.3 is 0 Å². The average molecular weight is 261 g/mol. The third kappa shape index (κ3) is 2.68. The van der Waals surface area contributed by atoms with Gasteiger partial charge in [0, 0.05) is 11.3 Å². The zero-order valence-electron chi connectivity index (χ0n) is 11.5. The molecule has 19 heavy (non-hydrogen) atoms.